The summed E-state index contributed by atoms with van der Waals surface area (Å²) in [4.78, 5) is 0. The minimum atomic E-state index is -3.28. The highest BCUT2D eigenvalue weighted by atomic mass is 32.2. The summed E-state index contributed by atoms with van der Waals surface area (Å²) in [6, 6.07) is 4.09. The fourth-order valence-electron chi connectivity index (χ4n) is 1.94. The maximum atomic E-state index is 12.5. The average molecular weight is 286 g/mol. The molecule has 1 aliphatic carbocycles. The molecule has 0 aliphatic heterocycles. The Kier molecular flexibility index (Phi) is 4.65. The molecule has 1 unspecified atom stereocenters. The molecule has 1 aromatic rings. The second kappa shape index (κ2) is 6.07. The van der Waals surface area contributed by atoms with Crippen molar-refractivity contribution in [1.29, 1.82) is 0 Å². The van der Waals surface area contributed by atoms with Gasteiger partial charge in [0.1, 0.15) is 5.76 Å². The first-order chi connectivity index (χ1) is 9.04. The van der Waals surface area contributed by atoms with Crippen molar-refractivity contribution in [2.45, 2.75) is 44.5 Å². The van der Waals surface area contributed by atoms with Crippen molar-refractivity contribution in [3.63, 3.8) is 0 Å². The lowest BCUT2D eigenvalue weighted by molar-refractivity contribution is 0.370. The highest BCUT2D eigenvalue weighted by Gasteiger charge is 2.30. The third-order valence-corrected chi connectivity index (χ3v) is 5.70. The molecule has 6 heteroatoms. The lowest BCUT2D eigenvalue weighted by Crippen LogP contribution is -2.42. The second-order valence-corrected chi connectivity index (χ2v) is 7.39. The molecule has 0 amide bonds. The van der Waals surface area contributed by atoms with Crippen LogP contribution in [-0.4, -0.2) is 37.1 Å². The largest absolute Gasteiger partial charge is 0.468 e. The molecule has 1 aromatic heterocycles. The Balaban J connectivity index is 1.97. The van der Waals surface area contributed by atoms with Crippen LogP contribution in [0, 0.1) is 0 Å². The molecule has 1 fully saturated rings. The molecule has 1 heterocycles. The molecule has 1 N–H and O–H groups in total. The summed E-state index contributed by atoms with van der Waals surface area (Å²) in [5.74, 6) is 0.674. The van der Waals surface area contributed by atoms with Gasteiger partial charge in [-0.2, -0.15) is 4.31 Å². The van der Waals surface area contributed by atoms with Crippen LogP contribution in [0.1, 0.15) is 32.4 Å². The van der Waals surface area contributed by atoms with Gasteiger partial charge in [0.05, 0.1) is 18.1 Å². The molecule has 19 heavy (non-hydrogen) atoms. The van der Waals surface area contributed by atoms with Gasteiger partial charge in [-0.3, -0.25) is 0 Å². The van der Waals surface area contributed by atoms with Crippen LogP contribution in [0.25, 0.3) is 0 Å². The van der Waals surface area contributed by atoms with E-state index in [4.69, 9.17) is 4.42 Å². The molecule has 108 valence electrons. The van der Waals surface area contributed by atoms with E-state index < -0.39 is 15.3 Å². The lowest BCUT2D eigenvalue weighted by atomic mass is 10.4. The van der Waals surface area contributed by atoms with E-state index in [1.165, 1.54) is 4.31 Å². The molecule has 5 nitrogen and oxygen atoms in total. The summed E-state index contributed by atoms with van der Waals surface area (Å²) in [5.41, 5.74) is 0. The lowest BCUT2D eigenvalue weighted by Gasteiger charge is -2.24. The maximum Gasteiger partial charge on any atom is 0.218 e. The van der Waals surface area contributed by atoms with Crippen LogP contribution < -0.4 is 5.32 Å². The first kappa shape index (κ1) is 14.6. The van der Waals surface area contributed by atoms with Crippen LogP contribution in [-0.2, 0) is 16.6 Å². The van der Waals surface area contributed by atoms with Crippen molar-refractivity contribution in [1.82, 2.24) is 9.62 Å². The summed E-state index contributed by atoms with van der Waals surface area (Å²) in [6.45, 7) is 4.88. The van der Waals surface area contributed by atoms with Crippen molar-refractivity contribution in [2.75, 3.05) is 13.1 Å². The zero-order valence-corrected chi connectivity index (χ0v) is 12.3. The summed E-state index contributed by atoms with van der Waals surface area (Å²) in [5, 5.41) is 2.86. The van der Waals surface area contributed by atoms with Crippen LogP contribution in [0.4, 0.5) is 0 Å². The highest BCUT2D eigenvalue weighted by Crippen LogP contribution is 2.20. The van der Waals surface area contributed by atoms with E-state index in [0.29, 0.717) is 31.4 Å². The second-order valence-electron chi connectivity index (χ2n) is 5.04. The molecule has 0 spiro atoms. The molecule has 0 bridgehead atoms. The van der Waals surface area contributed by atoms with Gasteiger partial charge in [0.2, 0.25) is 10.0 Å². The van der Waals surface area contributed by atoms with Gasteiger partial charge in [0.25, 0.3) is 0 Å². The van der Waals surface area contributed by atoms with Gasteiger partial charge < -0.3 is 9.73 Å². The van der Waals surface area contributed by atoms with Gasteiger partial charge in [0, 0.05) is 19.1 Å². The molecular weight excluding hydrogens is 264 g/mol. The normalized spacial score (nSPS) is 17.8. The van der Waals surface area contributed by atoms with Gasteiger partial charge in [-0.15, -0.1) is 0 Å². The molecule has 2 rings (SSSR count). The predicted molar refractivity (Wildman–Crippen MR) is 74.2 cm³/mol. The Bertz CT molecular complexity index is 480. The van der Waals surface area contributed by atoms with Crippen molar-refractivity contribution >= 4 is 10.0 Å². The first-order valence-electron chi connectivity index (χ1n) is 6.78. The van der Waals surface area contributed by atoms with Crippen molar-refractivity contribution in [2.24, 2.45) is 0 Å². The summed E-state index contributed by atoms with van der Waals surface area (Å²) >= 11 is 0. The Morgan fingerprint density at radius 3 is 2.79 bits per heavy atom. The minimum Gasteiger partial charge on any atom is -0.468 e. The molecule has 0 aromatic carbocycles. The summed E-state index contributed by atoms with van der Waals surface area (Å²) in [7, 11) is -3.28. The van der Waals surface area contributed by atoms with Gasteiger partial charge in [0.15, 0.2) is 0 Å². The number of hydrogen-bond acceptors (Lipinski definition) is 4. The van der Waals surface area contributed by atoms with Crippen LogP contribution in [0.15, 0.2) is 22.8 Å². The molecule has 0 radical (unpaired) electrons. The van der Waals surface area contributed by atoms with Gasteiger partial charge in [-0.05, 0) is 31.9 Å². The topological polar surface area (TPSA) is 62.6 Å². The van der Waals surface area contributed by atoms with E-state index in [0.717, 1.165) is 12.8 Å². The zero-order chi connectivity index (χ0) is 13.9. The van der Waals surface area contributed by atoms with Crippen LogP contribution in [0.3, 0.4) is 0 Å². The summed E-state index contributed by atoms with van der Waals surface area (Å²) < 4.78 is 31.6. The van der Waals surface area contributed by atoms with Crippen LogP contribution in [0.2, 0.25) is 0 Å². The fourth-order valence-corrected chi connectivity index (χ4v) is 3.42. The van der Waals surface area contributed by atoms with Crippen molar-refractivity contribution < 1.29 is 12.8 Å². The Hall–Kier alpha value is -0.850. The molecule has 1 atom stereocenters. The first-order valence-corrected chi connectivity index (χ1v) is 8.29. The quantitative estimate of drug-likeness (QED) is 0.788. The van der Waals surface area contributed by atoms with Gasteiger partial charge in [-0.25, -0.2) is 8.42 Å². The van der Waals surface area contributed by atoms with E-state index in [2.05, 4.69) is 5.32 Å². The Morgan fingerprint density at radius 2 is 2.26 bits per heavy atom. The molecule has 1 aliphatic rings. The molecular formula is C13H22N2O3S. The van der Waals surface area contributed by atoms with Gasteiger partial charge in [-0.1, -0.05) is 6.92 Å². The van der Waals surface area contributed by atoms with Crippen molar-refractivity contribution in [3.8, 4) is 0 Å². The molecule has 1 saturated carbocycles. The monoisotopic (exact) mass is 286 g/mol. The number of hydrogen-bond donors (Lipinski definition) is 1. The standard InChI is InChI=1S/C13H22N2O3S/c1-3-15(10-13-5-4-8-18-13)19(16,17)11(2)9-14-12-6-7-12/h4-5,8,11-12,14H,3,6-7,9-10H2,1-2H3. The average Bonchev–Trinajstić information content (AvgIpc) is 3.07. The third-order valence-electron chi connectivity index (χ3n) is 3.40. The highest BCUT2D eigenvalue weighted by molar-refractivity contribution is 7.89. The SMILES string of the molecule is CCN(Cc1ccco1)S(=O)(=O)C(C)CNC1CC1. The third kappa shape index (κ3) is 3.81. The van der Waals surface area contributed by atoms with E-state index in [1.54, 1.807) is 25.3 Å². The van der Waals surface area contributed by atoms with Crippen LogP contribution >= 0.6 is 0 Å². The number of nitrogens with one attached hydrogen (secondary N) is 1. The maximum absolute atomic E-state index is 12.5. The van der Waals surface area contributed by atoms with E-state index in [9.17, 15) is 8.42 Å². The van der Waals surface area contributed by atoms with E-state index in [1.807, 2.05) is 6.92 Å². The van der Waals surface area contributed by atoms with Crippen LogP contribution in [0.5, 0.6) is 0 Å². The van der Waals surface area contributed by atoms with Crippen molar-refractivity contribution in [3.05, 3.63) is 24.2 Å². The Morgan fingerprint density at radius 1 is 1.53 bits per heavy atom. The zero-order valence-electron chi connectivity index (χ0n) is 11.5. The number of rotatable bonds is 8. The van der Waals surface area contributed by atoms with Gasteiger partial charge >= 0.3 is 0 Å². The van der Waals surface area contributed by atoms with E-state index in [-0.39, 0.29) is 0 Å². The number of sulfonamides is 1. The minimum absolute atomic E-state index is 0.305. The molecule has 0 saturated heterocycles. The number of furan rings is 1. The Labute approximate surface area is 115 Å². The number of nitrogens with zero attached hydrogens (tertiary/aromatic N) is 1. The smallest absolute Gasteiger partial charge is 0.218 e. The summed E-state index contributed by atoms with van der Waals surface area (Å²) in [6.07, 6.45) is 3.89. The predicted octanol–water partition coefficient (Wildman–Crippen LogP) is 1.57. The van der Waals surface area contributed by atoms with E-state index >= 15 is 0 Å². The fraction of sp³-hybridized carbons (Fsp3) is 0.692.